The average Bonchev–Trinajstić information content (AvgIpc) is 3.43. The first-order valence-electron chi connectivity index (χ1n) is 32.2. The molecule has 0 saturated heterocycles. The quantitative estimate of drug-likeness (QED) is 0.0197. The number of carbonyl (C=O) groups excluding carboxylic acids is 3. The molecule has 0 bridgehead atoms. The Morgan fingerprint density at radius 2 is 0.667 bits per heavy atom. The van der Waals surface area contributed by atoms with Crippen molar-refractivity contribution in [3.63, 3.8) is 0 Å². The number of esters is 3. The van der Waals surface area contributed by atoms with Crippen LogP contribution in [0.15, 0.2) is 60.8 Å². The van der Waals surface area contributed by atoms with Crippen LogP contribution in [-0.4, -0.2) is 66.5 Å². The van der Waals surface area contributed by atoms with Gasteiger partial charge in [-0.15, -0.1) is 0 Å². The van der Waals surface area contributed by atoms with E-state index in [-0.39, 0.29) is 25.9 Å². The molecule has 0 heterocycles. The summed E-state index contributed by atoms with van der Waals surface area (Å²) in [6.45, 7) is 4.56. The van der Waals surface area contributed by atoms with Gasteiger partial charge >= 0.3 is 25.7 Å². The lowest BCUT2D eigenvalue weighted by molar-refractivity contribution is -0.161. The summed E-state index contributed by atoms with van der Waals surface area (Å²) in [6, 6.07) is 0. The number of aliphatic hydroxyl groups is 1. The summed E-state index contributed by atoms with van der Waals surface area (Å²) < 4.78 is 39.7. The Bertz CT molecular complexity index is 1540. The van der Waals surface area contributed by atoms with Gasteiger partial charge in [0.1, 0.15) is 12.7 Å². The van der Waals surface area contributed by atoms with E-state index in [0.29, 0.717) is 19.3 Å². The Balaban J connectivity index is 4.71. The highest BCUT2D eigenvalue weighted by Gasteiger charge is 2.28. The minimum Gasteiger partial charge on any atom is -0.462 e. The third kappa shape index (κ3) is 57.9. The van der Waals surface area contributed by atoms with Crippen molar-refractivity contribution < 1.29 is 52.2 Å². The van der Waals surface area contributed by atoms with Crippen LogP contribution in [0, 0.1) is 0 Å². The van der Waals surface area contributed by atoms with Crippen molar-refractivity contribution in [1.29, 1.82) is 0 Å². The summed E-state index contributed by atoms with van der Waals surface area (Å²) in [6.07, 6.45) is 67.4. The lowest BCUT2D eigenvalue weighted by Gasteiger charge is -2.21. The van der Waals surface area contributed by atoms with E-state index in [1.165, 1.54) is 141 Å². The molecule has 454 valence electrons. The second-order valence-electron chi connectivity index (χ2n) is 21.6. The van der Waals surface area contributed by atoms with Crippen LogP contribution >= 0.6 is 7.82 Å². The van der Waals surface area contributed by atoms with E-state index in [4.69, 9.17) is 23.3 Å². The van der Waals surface area contributed by atoms with Crippen molar-refractivity contribution in [1.82, 2.24) is 0 Å². The molecule has 0 aromatic rings. The van der Waals surface area contributed by atoms with Crippen LogP contribution < -0.4 is 0 Å². The first kappa shape index (κ1) is 75.2. The summed E-state index contributed by atoms with van der Waals surface area (Å²) in [5.41, 5.74) is 0. The van der Waals surface area contributed by atoms with Crippen LogP contribution in [0.1, 0.15) is 303 Å². The van der Waals surface area contributed by atoms with E-state index < -0.39 is 57.8 Å². The predicted octanol–water partition coefficient (Wildman–Crippen LogP) is 19.5. The summed E-state index contributed by atoms with van der Waals surface area (Å²) in [5, 5.41) is 9.84. The van der Waals surface area contributed by atoms with Crippen molar-refractivity contribution in [2.24, 2.45) is 0 Å². The second kappa shape index (κ2) is 60.3. The van der Waals surface area contributed by atoms with Crippen molar-refractivity contribution in [2.75, 3.05) is 26.4 Å². The molecule has 0 aliphatic carbocycles. The van der Waals surface area contributed by atoms with E-state index in [1.807, 2.05) is 0 Å². The zero-order valence-electron chi connectivity index (χ0n) is 50.4. The van der Waals surface area contributed by atoms with Crippen LogP contribution in [0.4, 0.5) is 0 Å². The van der Waals surface area contributed by atoms with Gasteiger partial charge < -0.3 is 24.2 Å². The zero-order chi connectivity index (χ0) is 56.9. The van der Waals surface area contributed by atoms with E-state index in [0.717, 1.165) is 103 Å². The fraction of sp³-hybridized carbons (Fsp3) is 0.803. The molecule has 11 nitrogen and oxygen atoms in total. The lowest BCUT2D eigenvalue weighted by Crippen LogP contribution is -2.30. The Morgan fingerprint density at radius 1 is 0.372 bits per heavy atom. The maximum absolute atomic E-state index is 13.0. The highest BCUT2D eigenvalue weighted by molar-refractivity contribution is 7.47. The molecule has 0 rings (SSSR count). The predicted molar refractivity (Wildman–Crippen MR) is 325 cm³/mol. The standard InChI is InChI=1S/C66H119O11P/c1-4-7-10-13-16-19-22-25-27-29-31-33-35-38-40-43-46-49-52-55-64(68)73-59-63(77-66(70)57-54-51-48-45-42-39-36-34-32-30-28-26-23-20-17-14-11-8-5-2)61-75-78(71,72)74-60-62(58-67)76-65(69)56-53-50-47-44-41-37-24-21-18-15-12-9-6-3/h8,11,17,20,25-28,32,34,62-63,67H,4-7,9-10,12-16,18-19,21-24,29-31,33,35-61H2,1-3H3,(H,71,72)/b11-8-,20-17-,27-25-,28-26-,34-32-. The minimum atomic E-state index is -4.75. The molecule has 78 heavy (non-hydrogen) atoms. The Kier molecular flexibility index (Phi) is 58.1. The molecule has 0 aliphatic heterocycles. The fourth-order valence-corrected chi connectivity index (χ4v) is 9.83. The van der Waals surface area contributed by atoms with Crippen LogP contribution in [0.5, 0.6) is 0 Å². The number of hydrogen-bond acceptors (Lipinski definition) is 10. The average molecular weight is 1120 g/mol. The van der Waals surface area contributed by atoms with E-state index in [1.54, 1.807) is 0 Å². The molecule has 0 saturated carbocycles. The van der Waals surface area contributed by atoms with Gasteiger partial charge in [0.2, 0.25) is 0 Å². The molecule has 12 heteroatoms. The molecule has 3 unspecified atom stereocenters. The van der Waals surface area contributed by atoms with Gasteiger partial charge in [-0.1, -0.05) is 261 Å². The van der Waals surface area contributed by atoms with Gasteiger partial charge in [0.15, 0.2) is 6.10 Å². The lowest BCUT2D eigenvalue weighted by atomic mass is 10.0. The highest BCUT2D eigenvalue weighted by atomic mass is 31.2. The Morgan fingerprint density at radius 3 is 1.04 bits per heavy atom. The Labute approximate surface area is 478 Å². The molecule has 0 aromatic carbocycles. The number of rotatable bonds is 60. The molecule has 0 radical (unpaired) electrons. The molecule has 0 fully saturated rings. The summed E-state index contributed by atoms with van der Waals surface area (Å²) in [4.78, 5) is 48.7. The van der Waals surface area contributed by atoms with E-state index in [9.17, 15) is 28.9 Å². The summed E-state index contributed by atoms with van der Waals surface area (Å²) in [7, 11) is -4.75. The number of unbranched alkanes of at least 4 members (excludes halogenated alkanes) is 33. The van der Waals surface area contributed by atoms with E-state index >= 15 is 0 Å². The number of ether oxygens (including phenoxy) is 3. The number of allylic oxidation sites excluding steroid dienone is 10. The molecule has 2 N–H and O–H groups in total. The maximum atomic E-state index is 13.0. The van der Waals surface area contributed by atoms with Crippen molar-refractivity contribution in [3.05, 3.63) is 60.8 Å². The molecule has 3 atom stereocenters. The molecule has 0 aromatic heterocycles. The SMILES string of the molecule is CC/C=C\C/C=C\C/C=C\C/C=C\CCCCCCCCC(=O)OC(COC(=O)CCCCCCCCCCC/C=C\CCCCCCCC)COP(=O)(O)OCC(CO)OC(=O)CCCCCCCCCCCCCCC. The van der Waals surface area contributed by atoms with Crippen LogP contribution in [-0.2, 0) is 42.2 Å². The zero-order valence-corrected chi connectivity index (χ0v) is 51.3. The van der Waals surface area contributed by atoms with Crippen molar-refractivity contribution >= 4 is 25.7 Å². The van der Waals surface area contributed by atoms with Gasteiger partial charge in [0, 0.05) is 19.3 Å². The number of aliphatic hydroxyl groups excluding tert-OH is 1. The first-order valence-corrected chi connectivity index (χ1v) is 33.7. The second-order valence-corrected chi connectivity index (χ2v) is 23.0. The third-order valence-electron chi connectivity index (χ3n) is 13.9. The van der Waals surface area contributed by atoms with Gasteiger partial charge in [0.25, 0.3) is 0 Å². The van der Waals surface area contributed by atoms with Crippen molar-refractivity contribution in [2.45, 2.75) is 315 Å². The summed E-state index contributed by atoms with van der Waals surface area (Å²) >= 11 is 0. The largest absolute Gasteiger partial charge is 0.472 e. The fourth-order valence-electron chi connectivity index (χ4n) is 9.05. The van der Waals surface area contributed by atoms with E-state index in [2.05, 4.69) is 81.5 Å². The van der Waals surface area contributed by atoms with Gasteiger partial charge in [0.05, 0.1) is 19.8 Å². The highest BCUT2D eigenvalue weighted by Crippen LogP contribution is 2.43. The molecule has 0 amide bonds. The first-order chi connectivity index (χ1) is 38.2. The topological polar surface area (TPSA) is 155 Å². The number of carbonyl (C=O) groups is 3. The number of hydrogen-bond donors (Lipinski definition) is 2. The Hall–Kier alpha value is -2.82. The maximum Gasteiger partial charge on any atom is 0.472 e. The molecular weight excluding hydrogens is 1000 g/mol. The van der Waals surface area contributed by atoms with Gasteiger partial charge in [-0.25, -0.2) is 4.57 Å². The monoisotopic (exact) mass is 1120 g/mol. The van der Waals surface area contributed by atoms with Crippen LogP contribution in [0.2, 0.25) is 0 Å². The summed E-state index contributed by atoms with van der Waals surface area (Å²) in [5.74, 6) is -1.47. The van der Waals surface area contributed by atoms with Gasteiger partial charge in [-0.2, -0.15) is 0 Å². The van der Waals surface area contributed by atoms with Crippen molar-refractivity contribution in [3.8, 4) is 0 Å². The molecule has 0 spiro atoms. The molecule has 0 aliphatic rings. The normalized spacial score (nSPS) is 13.7. The third-order valence-corrected chi connectivity index (χ3v) is 14.9. The van der Waals surface area contributed by atoms with Crippen LogP contribution in [0.3, 0.4) is 0 Å². The van der Waals surface area contributed by atoms with Gasteiger partial charge in [-0.3, -0.25) is 23.4 Å². The smallest absolute Gasteiger partial charge is 0.462 e. The molecular formula is C66H119O11P. The van der Waals surface area contributed by atoms with Crippen LogP contribution in [0.25, 0.3) is 0 Å². The number of phosphoric ester groups is 1. The van der Waals surface area contributed by atoms with Gasteiger partial charge in [-0.05, 0) is 83.5 Å². The minimum absolute atomic E-state index is 0.152. The number of phosphoric acid groups is 1.